The van der Waals surface area contributed by atoms with Crippen LogP contribution in [-0.4, -0.2) is 17.7 Å². The first-order valence-electron chi connectivity index (χ1n) is 5.26. The average molecular weight is 216 g/mol. The largest absolute Gasteiger partial charge is 0.447 e. The minimum Gasteiger partial charge on any atom is -0.447 e. The van der Waals surface area contributed by atoms with Crippen LogP contribution >= 0.6 is 0 Å². The summed E-state index contributed by atoms with van der Waals surface area (Å²) in [4.78, 5) is 14.4. The molecule has 1 aromatic heterocycles. The van der Waals surface area contributed by atoms with Crippen LogP contribution in [0.25, 0.3) is 10.9 Å². The Morgan fingerprint density at radius 2 is 2.19 bits per heavy atom. The zero-order chi connectivity index (χ0) is 11.1. The van der Waals surface area contributed by atoms with Gasteiger partial charge in [0.25, 0.3) is 0 Å². The number of carbonyl (C=O) groups is 1. The highest BCUT2D eigenvalue weighted by Gasteiger charge is 2.27. The predicted octanol–water partition coefficient (Wildman–Crippen LogP) is 2.26. The third kappa shape index (κ3) is 1.26. The second kappa shape index (κ2) is 3.27. The number of H-pyrrole nitrogens is 1. The SMILES string of the molecule is Cc1[nH]c2ccccc2c1[C@@H]1COC(=O)N1. The van der Waals surface area contributed by atoms with Crippen molar-refractivity contribution in [1.29, 1.82) is 0 Å². The maximum absolute atomic E-state index is 11.1. The number of aromatic amines is 1. The van der Waals surface area contributed by atoms with E-state index in [-0.39, 0.29) is 12.1 Å². The summed E-state index contributed by atoms with van der Waals surface area (Å²) in [6.45, 7) is 2.42. The van der Waals surface area contributed by atoms with Crippen molar-refractivity contribution < 1.29 is 9.53 Å². The minimum atomic E-state index is -0.338. The lowest BCUT2D eigenvalue weighted by Gasteiger charge is -2.07. The number of ether oxygens (including phenoxy) is 1. The van der Waals surface area contributed by atoms with Crippen LogP contribution < -0.4 is 5.32 Å². The molecule has 3 rings (SSSR count). The van der Waals surface area contributed by atoms with Gasteiger partial charge in [-0.05, 0) is 13.0 Å². The second-order valence-electron chi connectivity index (χ2n) is 4.00. The molecule has 16 heavy (non-hydrogen) atoms. The molecule has 1 amide bonds. The zero-order valence-electron chi connectivity index (χ0n) is 8.91. The summed E-state index contributed by atoms with van der Waals surface area (Å²) in [7, 11) is 0. The summed E-state index contributed by atoms with van der Waals surface area (Å²) >= 11 is 0. The lowest BCUT2D eigenvalue weighted by Crippen LogP contribution is -2.18. The van der Waals surface area contributed by atoms with Gasteiger partial charge in [0.1, 0.15) is 6.61 Å². The maximum atomic E-state index is 11.1. The van der Waals surface area contributed by atoms with Crippen LogP contribution in [-0.2, 0) is 4.74 Å². The predicted molar refractivity (Wildman–Crippen MR) is 60.3 cm³/mol. The number of para-hydroxylation sites is 1. The number of aryl methyl sites for hydroxylation is 1. The second-order valence-corrected chi connectivity index (χ2v) is 4.00. The van der Waals surface area contributed by atoms with Gasteiger partial charge in [-0.2, -0.15) is 0 Å². The Labute approximate surface area is 92.6 Å². The van der Waals surface area contributed by atoms with Crippen molar-refractivity contribution in [1.82, 2.24) is 10.3 Å². The van der Waals surface area contributed by atoms with E-state index in [0.29, 0.717) is 6.61 Å². The van der Waals surface area contributed by atoms with Gasteiger partial charge in [-0.25, -0.2) is 4.79 Å². The fraction of sp³-hybridized carbons (Fsp3) is 0.250. The molecule has 0 aliphatic carbocycles. The molecule has 1 fully saturated rings. The highest BCUT2D eigenvalue weighted by Crippen LogP contribution is 2.29. The molecule has 1 saturated heterocycles. The van der Waals surface area contributed by atoms with E-state index in [0.717, 1.165) is 22.2 Å². The topological polar surface area (TPSA) is 54.1 Å². The van der Waals surface area contributed by atoms with Gasteiger partial charge in [-0.1, -0.05) is 18.2 Å². The van der Waals surface area contributed by atoms with Crippen molar-refractivity contribution in [3.8, 4) is 0 Å². The summed E-state index contributed by atoms with van der Waals surface area (Å²) in [6.07, 6.45) is -0.338. The normalized spacial score (nSPS) is 19.8. The van der Waals surface area contributed by atoms with Gasteiger partial charge >= 0.3 is 6.09 Å². The van der Waals surface area contributed by atoms with E-state index < -0.39 is 0 Å². The zero-order valence-corrected chi connectivity index (χ0v) is 8.91. The van der Waals surface area contributed by atoms with Crippen LogP contribution in [0.15, 0.2) is 24.3 Å². The summed E-state index contributed by atoms with van der Waals surface area (Å²) < 4.78 is 4.93. The van der Waals surface area contributed by atoms with E-state index in [1.807, 2.05) is 25.1 Å². The van der Waals surface area contributed by atoms with Crippen molar-refractivity contribution in [2.75, 3.05) is 6.61 Å². The molecular formula is C12H12N2O2. The Hall–Kier alpha value is -1.97. The number of carbonyl (C=O) groups excluding carboxylic acids is 1. The Morgan fingerprint density at radius 3 is 2.94 bits per heavy atom. The van der Waals surface area contributed by atoms with Gasteiger partial charge < -0.3 is 15.0 Å². The molecule has 0 saturated carbocycles. The summed E-state index contributed by atoms with van der Waals surface area (Å²) in [5, 5.41) is 3.96. The van der Waals surface area contributed by atoms with Gasteiger partial charge in [0.05, 0.1) is 6.04 Å². The number of hydrogen-bond acceptors (Lipinski definition) is 2. The van der Waals surface area contributed by atoms with Gasteiger partial charge in [-0.3, -0.25) is 0 Å². The fourth-order valence-corrected chi connectivity index (χ4v) is 2.29. The summed E-state index contributed by atoms with van der Waals surface area (Å²) in [5.41, 5.74) is 3.30. The summed E-state index contributed by atoms with van der Waals surface area (Å²) in [6, 6.07) is 8.04. The van der Waals surface area contributed by atoms with Crippen LogP contribution in [0.1, 0.15) is 17.3 Å². The number of benzene rings is 1. The monoisotopic (exact) mass is 216 g/mol. The van der Waals surface area contributed by atoms with E-state index in [2.05, 4.69) is 16.4 Å². The molecule has 4 heteroatoms. The maximum Gasteiger partial charge on any atom is 0.407 e. The quantitative estimate of drug-likeness (QED) is 0.768. The number of amides is 1. The highest BCUT2D eigenvalue weighted by atomic mass is 16.6. The molecule has 0 unspecified atom stereocenters. The number of nitrogens with one attached hydrogen (secondary N) is 2. The Balaban J connectivity index is 2.15. The Morgan fingerprint density at radius 1 is 1.38 bits per heavy atom. The molecule has 0 spiro atoms. The fourth-order valence-electron chi connectivity index (χ4n) is 2.29. The van der Waals surface area contributed by atoms with Crippen molar-refractivity contribution in [2.45, 2.75) is 13.0 Å². The molecule has 2 heterocycles. The lowest BCUT2D eigenvalue weighted by atomic mass is 10.0. The van der Waals surface area contributed by atoms with Crippen molar-refractivity contribution in [3.63, 3.8) is 0 Å². The van der Waals surface area contributed by atoms with Crippen LogP contribution in [0, 0.1) is 6.92 Å². The highest BCUT2D eigenvalue weighted by molar-refractivity contribution is 5.86. The first-order chi connectivity index (χ1) is 7.75. The molecule has 1 aliphatic heterocycles. The molecule has 1 aliphatic rings. The smallest absolute Gasteiger partial charge is 0.407 e. The van der Waals surface area contributed by atoms with Gasteiger partial charge in [0, 0.05) is 22.2 Å². The number of fused-ring (bicyclic) bond motifs is 1. The number of hydrogen-bond donors (Lipinski definition) is 2. The molecule has 1 atom stereocenters. The van der Waals surface area contributed by atoms with Gasteiger partial charge in [-0.15, -0.1) is 0 Å². The third-order valence-corrected chi connectivity index (χ3v) is 2.97. The standard InChI is InChI=1S/C12H12N2O2/c1-7-11(10-6-16-12(15)14-10)8-4-2-3-5-9(8)13-7/h2-5,10,13H,6H2,1H3,(H,14,15)/t10-/m0/s1. The van der Waals surface area contributed by atoms with Crippen LogP contribution in [0.2, 0.25) is 0 Å². The number of aromatic nitrogens is 1. The number of rotatable bonds is 1. The van der Waals surface area contributed by atoms with Gasteiger partial charge in [0.15, 0.2) is 0 Å². The van der Waals surface area contributed by atoms with Crippen molar-refractivity contribution >= 4 is 17.0 Å². The van der Waals surface area contributed by atoms with Gasteiger partial charge in [0.2, 0.25) is 0 Å². The first kappa shape index (κ1) is 9.27. The van der Waals surface area contributed by atoms with Crippen LogP contribution in [0.3, 0.4) is 0 Å². The molecule has 82 valence electrons. The minimum absolute atomic E-state index is 0.0383. The Bertz CT molecular complexity index is 559. The van der Waals surface area contributed by atoms with Crippen molar-refractivity contribution in [2.24, 2.45) is 0 Å². The molecule has 1 aromatic carbocycles. The third-order valence-electron chi connectivity index (χ3n) is 2.97. The molecule has 4 nitrogen and oxygen atoms in total. The van der Waals surface area contributed by atoms with E-state index in [9.17, 15) is 4.79 Å². The number of cyclic esters (lactones) is 1. The molecule has 0 radical (unpaired) electrons. The summed E-state index contributed by atoms with van der Waals surface area (Å²) in [5.74, 6) is 0. The first-order valence-corrected chi connectivity index (χ1v) is 5.26. The van der Waals surface area contributed by atoms with E-state index in [4.69, 9.17) is 4.74 Å². The molecule has 2 aromatic rings. The van der Waals surface area contributed by atoms with Crippen LogP contribution in [0.5, 0.6) is 0 Å². The lowest BCUT2D eigenvalue weighted by molar-refractivity contribution is 0.177. The van der Waals surface area contributed by atoms with E-state index in [1.54, 1.807) is 0 Å². The Kier molecular flexibility index (Phi) is 1.89. The van der Waals surface area contributed by atoms with E-state index in [1.165, 1.54) is 0 Å². The average Bonchev–Trinajstić information content (AvgIpc) is 2.80. The van der Waals surface area contributed by atoms with E-state index >= 15 is 0 Å². The van der Waals surface area contributed by atoms with Crippen LogP contribution in [0.4, 0.5) is 4.79 Å². The molecule has 0 bridgehead atoms. The molecule has 2 N–H and O–H groups in total. The van der Waals surface area contributed by atoms with Crippen molar-refractivity contribution in [3.05, 3.63) is 35.5 Å². The number of alkyl carbamates (subject to hydrolysis) is 1. The molecular weight excluding hydrogens is 204 g/mol.